The lowest BCUT2D eigenvalue weighted by molar-refractivity contribution is -0.118. The first-order valence-corrected chi connectivity index (χ1v) is 9.08. The number of aromatic nitrogens is 2. The van der Waals surface area contributed by atoms with Crippen LogP contribution in [-0.2, 0) is 11.3 Å². The summed E-state index contributed by atoms with van der Waals surface area (Å²) < 4.78 is 0. The normalized spacial score (nSPS) is 10.4. The summed E-state index contributed by atoms with van der Waals surface area (Å²) in [6, 6.07) is 14.9. The summed E-state index contributed by atoms with van der Waals surface area (Å²) >= 11 is 0. The van der Waals surface area contributed by atoms with E-state index in [4.69, 9.17) is 0 Å². The lowest BCUT2D eigenvalue weighted by Gasteiger charge is -2.16. The van der Waals surface area contributed by atoms with Crippen LogP contribution < -0.4 is 10.2 Å². The topological polar surface area (TPSA) is 75.2 Å². The summed E-state index contributed by atoms with van der Waals surface area (Å²) in [5.41, 5.74) is 3.95. The molecule has 0 fully saturated rings. The summed E-state index contributed by atoms with van der Waals surface area (Å²) in [5.74, 6) is -0.120. The standard InChI is InChI=1S/C22H22N4O2/c1-3-21(27)26(2)19-9-6-17(7-10-19)20-11-8-18(15-24-20)22(28)25-14-16-5-4-12-23-13-16/h4-13,15H,3,14H2,1-2H3,(H,25,28). The molecule has 28 heavy (non-hydrogen) atoms. The van der Waals surface area contributed by atoms with E-state index in [2.05, 4.69) is 15.3 Å². The molecule has 2 aromatic heterocycles. The molecular weight excluding hydrogens is 352 g/mol. The van der Waals surface area contributed by atoms with Crippen molar-refractivity contribution in [1.29, 1.82) is 0 Å². The Balaban J connectivity index is 1.65. The monoisotopic (exact) mass is 374 g/mol. The summed E-state index contributed by atoms with van der Waals surface area (Å²) in [6.07, 6.45) is 5.44. The van der Waals surface area contributed by atoms with Gasteiger partial charge in [0, 0.05) is 49.9 Å². The van der Waals surface area contributed by atoms with Gasteiger partial charge in [0.2, 0.25) is 5.91 Å². The van der Waals surface area contributed by atoms with Crippen molar-refractivity contribution in [2.24, 2.45) is 0 Å². The van der Waals surface area contributed by atoms with E-state index in [0.717, 1.165) is 22.5 Å². The van der Waals surface area contributed by atoms with E-state index in [1.165, 1.54) is 0 Å². The molecule has 1 aromatic carbocycles. The Bertz CT molecular complexity index is 939. The minimum Gasteiger partial charge on any atom is -0.348 e. The molecule has 2 heterocycles. The van der Waals surface area contributed by atoms with E-state index in [9.17, 15) is 9.59 Å². The average Bonchev–Trinajstić information content (AvgIpc) is 2.77. The second-order valence-corrected chi connectivity index (χ2v) is 6.33. The molecule has 0 aliphatic heterocycles. The number of carbonyl (C=O) groups excluding carboxylic acids is 2. The molecule has 0 unspecified atom stereocenters. The Hall–Kier alpha value is -3.54. The van der Waals surface area contributed by atoms with Crippen molar-refractivity contribution in [2.45, 2.75) is 19.9 Å². The predicted octanol–water partition coefficient (Wildman–Crippen LogP) is 3.45. The van der Waals surface area contributed by atoms with Gasteiger partial charge in [-0.3, -0.25) is 19.6 Å². The molecule has 3 aromatic rings. The second kappa shape index (κ2) is 8.90. The van der Waals surface area contributed by atoms with Gasteiger partial charge in [-0.1, -0.05) is 25.1 Å². The third-order valence-corrected chi connectivity index (χ3v) is 4.43. The summed E-state index contributed by atoms with van der Waals surface area (Å²) in [5, 5.41) is 2.85. The minimum absolute atomic E-state index is 0.0625. The Morgan fingerprint density at radius 1 is 1.04 bits per heavy atom. The maximum Gasteiger partial charge on any atom is 0.253 e. The number of nitrogens with one attached hydrogen (secondary N) is 1. The fraction of sp³-hybridized carbons (Fsp3) is 0.182. The first kappa shape index (κ1) is 19.2. The van der Waals surface area contributed by atoms with Crippen LogP contribution in [0.4, 0.5) is 5.69 Å². The number of amides is 2. The van der Waals surface area contributed by atoms with Gasteiger partial charge in [0.05, 0.1) is 11.3 Å². The van der Waals surface area contributed by atoms with Gasteiger partial charge in [0.1, 0.15) is 0 Å². The van der Waals surface area contributed by atoms with Gasteiger partial charge in [-0.25, -0.2) is 0 Å². The lowest BCUT2D eigenvalue weighted by Crippen LogP contribution is -2.24. The number of anilines is 1. The van der Waals surface area contributed by atoms with Gasteiger partial charge in [-0.05, 0) is 35.9 Å². The number of carbonyl (C=O) groups is 2. The van der Waals surface area contributed by atoms with Crippen LogP contribution >= 0.6 is 0 Å². The smallest absolute Gasteiger partial charge is 0.253 e. The zero-order valence-electron chi connectivity index (χ0n) is 15.9. The highest BCUT2D eigenvalue weighted by molar-refractivity contribution is 5.94. The van der Waals surface area contributed by atoms with Crippen LogP contribution in [0.1, 0.15) is 29.3 Å². The molecule has 0 atom stereocenters. The van der Waals surface area contributed by atoms with Gasteiger partial charge in [-0.2, -0.15) is 0 Å². The van der Waals surface area contributed by atoms with Crippen LogP contribution in [0, 0.1) is 0 Å². The largest absolute Gasteiger partial charge is 0.348 e. The third-order valence-electron chi connectivity index (χ3n) is 4.43. The van der Waals surface area contributed by atoms with Crippen molar-refractivity contribution < 1.29 is 9.59 Å². The number of pyridine rings is 2. The SMILES string of the molecule is CCC(=O)N(C)c1ccc(-c2ccc(C(=O)NCc3cccnc3)cn2)cc1. The fourth-order valence-corrected chi connectivity index (χ4v) is 2.72. The van der Waals surface area contributed by atoms with Gasteiger partial charge >= 0.3 is 0 Å². The Kier molecular flexibility index (Phi) is 6.11. The number of hydrogen-bond donors (Lipinski definition) is 1. The van der Waals surface area contributed by atoms with Gasteiger partial charge < -0.3 is 10.2 Å². The quantitative estimate of drug-likeness (QED) is 0.717. The molecule has 2 amide bonds. The van der Waals surface area contributed by atoms with E-state index in [0.29, 0.717) is 18.5 Å². The number of hydrogen-bond acceptors (Lipinski definition) is 4. The number of nitrogens with zero attached hydrogens (tertiary/aromatic N) is 3. The molecule has 3 rings (SSSR count). The van der Waals surface area contributed by atoms with Crippen molar-refractivity contribution in [3.05, 3.63) is 78.2 Å². The molecule has 0 aliphatic carbocycles. The van der Waals surface area contributed by atoms with Crippen molar-refractivity contribution in [3.8, 4) is 11.3 Å². The maximum absolute atomic E-state index is 12.3. The maximum atomic E-state index is 12.3. The van der Waals surface area contributed by atoms with E-state index in [1.807, 2.05) is 49.4 Å². The van der Waals surface area contributed by atoms with Crippen LogP contribution in [0.25, 0.3) is 11.3 Å². The van der Waals surface area contributed by atoms with Crippen LogP contribution in [0.3, 0.4) is 0 Å². The van der Waals surface area contributed by atoms with Crippen molar-refractivity contribution in [2.75, 3.05) is 11.9 Å². The molecule has 0 bridgehead atoms. The Labute approximate surface area is 164 Å². The van der Waals surface area contributed by atoms with Crippen molar-refractivity contribution in [1.82, 2.24) is 15.3 Å². The summed E-state index contributed by atoms with van der Waals surface area (Å²) in [7, 11) is 1.76. The second-order valence-electron chi connectivity index (χ2n) is 6.33. The van der Waals surface area contributed by atoms with E-state index in [-0.39, 0.29) is 11.8 Å². The molecule has 0 aliphatic rings. The highest BCUT2D eigenvalue weighted by Crippen LogP contribution is 2.22. The Morgan fingerprint density at radius 3 is 2.43 bits per heavy atom. The molecule has 6 heteroatoms. The molecule has 6 nitrogen and oxygen atoms in total. The molecule has 0 saturated carbocycles. The van der Waals surface area contributed by atoms with Gasteiger partial charge in [-0.15, -0.1) is 0 Å². The van der Waals surface area contributed by atoms with Crippen LogP contribution in [0.2, 0.25) is 0 Å². The predicted molar refractivity (Wildman–Crippen MR) is 109 cm³/mol. The highest BCUT2D eigenvalue weighted by atomic mass is 16.2. The zero-order chi connectivity index (χ0) is 19.9. The molecule has 0 radical (unpaired) electrons. The van der Waals surface area contributed by atoms with E-state index in [1.54, 1.807) is 36.6 Å². The van der Waals surface area contributed by atoms with Crippen molar-refractivity contribution in [3.63, 3.8) is 0 Å². The van der Waals surface area contributed by atoms with E-state index < -0.39 is 0 Å². The first-order valence-electron chi connectivity index (χ1n) is 9.08. The van der Waals surface area contributed by atoms with Gasteiger partial charge in [0.25, 0.3) is 5.91 Å². The summed E-state index contributed by atoms with van der Waals surface area (Å²) in [6.45, 7) is 2.26. The molecule has 142 valence electrons. The molecule has 0 spiro atoms. The Morgan fingerprint density at radius 2 is 1.82 bits per heavy atom. The first-order chi connectivity index (χ1) is 13.6. The molecule has 1 N–H and O–H groups in total. The molecular formula is C22H22N4O2. The average molecular weight is 374 g/mol. The molecule has 0 saturated heterocycles. The van der Waals surface area contributed by atoms with Crippen LogP contribution in [0.5, 0.6) is 0 Å². The van der Waals surface area contributed by atoms with Crippen LogP contribution in [-0.4, -0.2) is 28.8 Å². The van der Waals surface area contributed by atoms with E-state index >= 15 is 0 Å². The third kappa shape index (κ3) is 4.59. The summed E-state index contributed by atoms with van der Waals surface area (Å²) in [4.78, 5) is 34.1. The van der Waals surface area contributed by atoms with Gasteiger partial charge in [0.15, 0.2) is 0 Å². The highest BCUT2D eigenvalue weighted by Gasteiger charge is 2.10. The number of benzene rings is 1. The minimum atomic E-state index is -0.182. The fourth-order valence-electron chi connectivity index (χ4n) is 2.72. The zero-order valence-corrected chi connectivity index (χ0v) is 15.9. The van der Waals surface area contributed by atoms with Crippen LogP contribution in [0.15, 0.2) is 67.1 Å². The number of rotatable bonds is 6. The van der Waals surface area contributed by atoms with Crippen molar-refractivity contribution >= 4 is 17.5 Å². The lowest BCUT2D eigenvalue weighted by atomic mass is 10.1.